The first-order chi connectivity index (χ1) is 5.15. The highest BCUT2D eigenvalue weighted by atomic mass is 16.3. The molecule has 1 aliphatic heterocycles. The predicted octanol–water partition coefficient (Wildman–Crippen LogP) is 1.45. The molecule has 0 amide bonds. The van der Waals surface area contributed by atoms with Gasteiger partial charge in [0.1, 0.15) is 6.23 Å². The maximum Gasteiger partial charge on any atom is 0.107 e. The highest BCUT2D eigenvalue weighted by Gasteiger charge is 2.28. The maximum absolute atomic E-state index is 9.58. The summed E-state index contributed by atoms with van der Waals surface area (Å²) in [6, 6.07) is 0.545. The molecular formula is C9H19NO. The number of aliphatic hydroxyl groups excluding tert-OH is 1. The fraction of sp³-hybridized carbons (Fsp3) is 1.00. The van der Waals surface area contributed by atoms with Crippen molar-refractivity contribution in [2.75, 3.05) is 7.05 Å². The molecule has 1 N–H and O–H groups in total. The van der Waals surface area contributed by atoms with Gasteiger partial charge in [0.2, 0.25) is 0 Å². The summed E-state index contributed by atoms with van der Waals surface area (Å²) in [6.45, 7) is 4.39. The Morgan fingerprint density at radius 3 is 2.55 bits per heavy atom. The van der Waals surface area contributed by atoms with E-state index in [2.05, 4.69) is 18.7 Å². The highest BCUT2D eigenvalue weighted by Crippen LogP contribution is 2.26. The van der Waals surface area contributed by atoms with Crippen molar-refractivity contribution < 1.29 is 5.11 Å². The summed E-state index contributed by atoms with van der Waals surface area (Å²) in [5.41, 5.74) is 0. The Balaban J connectivity index is 2.47. The van der Waals surface area contributed by atoms with Gasteiger partial charge in [-0.15, -0.1) is 0 Å². The van der Waals surface area contributed by atoms with Crippen LogP contribution in [0.2, 0.25) is 0 Å². The SMILES string of the molecule is CC[C@@H]1C[C@H](C)N(C)[C@@H](O)C1. The summed E-state index contributed by atoms with van der Waals surface area (Å²) in [5.74, 6) is 0.733. The van der Waals surface area contributed by atoms with E-state index < -0.39 is 0 Å². The van der Waals surface area contributed by atoms with E-state index in [0.717, 1.165) is 12.3 Å². The van der Waals surface area contributed by atoms with Crippen molar-refractivity contribution in [3.63, 3.8) is 0 Å². The van der Waals surface area contributed by atoms with E-state index >= 15 is 0 Å². The average Bonchev–Trinajstić information content (AvgIpc) is 1.99. The second kappa shape index (κ2) is 3.55. The molecule has 66 valence electrons. The van der Waals surface area contributed by atoms with Crippen molar-refractivity contribution in [2.45, 2.75) is 45.4 Å². The number of hydrogen-bond donors (Lipinski definition) is 1. The zero-order valence-corrected chi connectivity index (χ0v) is 7.75. The van der Waals surface area contributed by atoms with Gasteiger partial charge in [0.25, 0.3) is 0 Å². The van der Waals surface area contributed by atoms with Gasteiger partial charge in [0.05, 0.1) is 0 Å². The standard InChI is InChI=1S/C9H19NO/c1-4-8-5-7(2)10(3)9(11)6-8/h7-9,11H,4-6H2,1-3H3/t7-,8+,9-/m0/s1. The summed E-state index contributed by atoms with van der Waals surface area (Å²) < 4.78 is 0. The fourth-order valence-corrected chi connectivity index (χ4v) is 1.84. The molecular weight excluding hydrogens is 138 g/mol. The second-order valence-corrected chi connectivity index (χ2v) is 3.74. The van der Waals surface area contributed by atoms with Gasteiger partial charge in [-0.25, -0.2) is 0 Å². The molecule has 0 aromatic carbocycles. The first-order valence-electron chi connectivity index (χ1n) is 4.55. The van der Waals surface area contributed by atoms with E-state index in [1.807, 2.05) is 7.05 Å². The van der Waals surface area contributed by atoms with Crippen molar-refractivity contribution in [1.29, 1.82) is 0 Å². The highest BCUT2D eigenvalue weighted by molar-refractivity contribution is 4.78. The van der Waals surface area contributed by atoms with Crippen LogP contribution in [0.5, 0.6) is 0 Å². The average molecular weight is 157 g/mol. The van der Waals surface area contributed by atoms with Gasteiger partial charge in [-0.1, -0.05) is 13.3 Å². The molecule has 0 bridgehead atoms. The smallest absolute Gasteiger partial charge is 0.107 e. The Labute approximate surface area is 69.2 Å². The van der Waals surface area contributed by atoms with E-state index in [1.54, 1.807) is 0 Å². The molecule has 1 heterocycles. The molecule has 1 saturated heterocycles. The van der Waals surface area contributed by atoms with Crippen LogP contribution in [-0.4, -0.2) is 29.3 Å². The van der Waals surface area contributed by atoms with Gasteiger partial charge in [0, 0.05) is 6.04 Å². The molecule has 1 rings (SSSR count). The predicted molar refractivity (Wildman–Crippen MR) is 46.2 cm³/mol. The lowest BCUT2D eigenvalue weighted by atomic mass is 9.89. The van der Waals surface area contributed by atoms with E-state index in [4.69, 9.17) is 0 Å². The number of rotatable bonds is 1. The van der Waals surface area contributed by atoms with Crippen molar-refractivity contribution in [1.82, 2.24) is 4.90 Å². The van der Waals surface area contributed by atoms with Crippen LogP contribution < -0.4 is 0 Å². The third kappa shape index (κ3) is 1.94. The normalized spacial score (nSPS) is 40.9. The zero-order valence-electron chi connectivity index (χ0n) is 7.75. The number of hydrogen-bond acceptors (Lipinski definition) is 2. The summed E-state index contributed by atoms with van der Waals surface area (Å²) in [7, 11) is 2.00. The van der Waals surface area contributed by atoms with Gasteiger partial charge in [-0.2, -0.15) is 0 Å². The van der Waals surface area contributed by atoms with E-state index in [0.29, 0.717) is 6.04 Å². The van der Waals surface area contributed by atoms with Gasteiger partial charge in [-0.05, 0) is 32.7 Å². The van der Waals surface area contributed by atoms with Crippen molar-refractivity contribution in [2.24, 2.45) is 5.92 Å². The third-order valence-corrected chi connectivity index (χ3v) is 2.96. The first kappa shape index (κ1) is 9.01. The van der Waals surface area contributed by atoms with Gasteiger partial charge in [0.15, 0.2) is 0 Å². The summed E-state index contributed by atoms with van der Waals surface area (Å²) in [6.07, 6.45) is 3.19. The van der Waals surface area contributed by atoms with E-state index in [9.17, 15) is 5.11 Å². The Morgan fingerprint density at radius 1 is 1.45 bits per heavy atom. The van der Waals surface area contributed by atoms with Crippen molar-refractivity contribution in [3.05, 3.63) is 0 Å². The molecule has 0 aromatic rings. The van der Waals surface area contributed by atoms with Crippen LogP contribution in [0.1, 0.15) is 33.1 Å². The van der Waals surface area contributed by atoms with Crippen LogP contribution in [0.15, 0.2) is 0 Å². The molecule has 2 heteroatoms. The summed E-state index contributed by atoms with van der Waals surface area (Å²) in [5, 5.41) is 9.58. The van der Waals surface area contributed by atoms with Gasteiger partial charge >= 0.3 is 0 Å². The van der Waals surface area contributed by atoms with Crippen LogP contribution in [-0.2, 0) is 0 Å². The Bertz CT molecular complexity index is 115. The van der Waals surface area contributed by atoms with Gasteiger partial charge in [-0.3, -0.25) is 4.90 Å². The third-order valence-electron chi connectivity index (χ3n) is 2.96. The number of likely N-dealkylation sites (tertiary alicyclic amines) is 1. The molecule has 0 radical (unpaired) electrons. The maximum atomic E-state index is 9.58. The van der Waals surface area contributed by atoms with Crippen LogP contribution in [0.4, 0.5) is 0 Å². The molecule has 0 saturated carbocycles. The van der Waals surface area contributed by atoms with Crippen LogP contribution in [0.25, 0.3) is 0 Å². The lowest BCUT2D eigenvalue weighted by Crippen LogP contribution is -2.45. The molecule has 11 heavy (non-hydrogen) atoms. The number of aliphatic hydroxyl groups is 1. The largest absolute Gasteiger partial charge is 0.378 e. The second-order valence-electron chi connectivity index (χ2n) is 3.74. The minimum absolute atomic E-state index is 0.205. The lowest BCUT2D eigenvalue weighted by Gasteiger charge is -2.38. The molecule has 0 unspecified atom stereocenters. The van der Waals surface area contributed by atoms with E-state index in [1.165, 1.54) is 12.8 Å². The molecule has 0 spiro atoms. The quantitative estimate of drug-likeness (QED) is 0.622. The summed E-state index contributed by atoms with van der Waals surface area (Å²) >= 11 is 0. The molecule has 1 fully saturated rings. The molecule has 2 nitrogen and oxygen atoms in total. The lowest BCUT2D eigenvalue weighted by molar-refractivity contribution is -0.0540. The Morgan fingerprint density at radius 2 is 2.09 bits per heavy atom. The fourth-order valence-electron chi connectivity index (χ4n) is 1.84. The topological polar surface area (TPSA) is 23.5 Å². The minimum Gasteiger partial charge on any atom is -0.378 e. The van der Waals surface area contributed by atoms with Crippen molar-refractivity contribution in [3.8, 4) is 0 Å². The van der Waals surface area contributed by atoms with Gasteiger partial charge < -0.3 is 5.11 Å². The molecule has 3 atom stereocenters. The van der Waals surface area contributed by atoms with Crippen LogP contribution in [0, 0.1) is 5.92 Å². The van der Waals surface area contributed by atoms with Crippen LogP contribution in [0.3, 0.4) is 0 Å². The number of nitrogens with zero attached hydrogens (tertiary/aromatic N) is 1. The van der Waals surface area contributed by atoms with Crippen LogP contribution >= 0.6 is 0 Å². The number of piperidine rings is 1. The zero-order chi connectivity index (χ0) is 8.43. The Hall–Kier alpha value is -0.0800. The van der Waals surface area contributed by atoms with E-state index in [-0.39, 0.29) is 6.23 Å². The minimum atomic E-state index is -0.205. The Kier molecular flexibility index (Phi) is 2.90. The molecule has 1 aliphatic rings. The summed E-state index contributed by atoms with van der Waals surface area (Å²) in [4.78, 5) is 2.06. The monoisotopic (exact) mass is 157 g/mol. The first-order valence-corrected chi connectivity index (χ1v) is 4.55. The molecule has 0 aromatic heterocycles. The van der Waals surface area contributed by atoms with Crippen molar-refractivity contribution >= 4 is 0 Å². The molecule has 0 aliphatic carbocycles.